The summed E-state index contributed by atoms with van der Waals surface area (Å²) in [7, 11) is 0. The maximum atomic E-state index is 13.8. The van der Waals surface area contributed by atoms with Crippen molar-refractivity contribution in [2.24, 2.45) is 0 Å². The third-order valence-corrected chi connectivity index (χ3v) is 2.84. The topological polar surface area (TPSA) is 35.5 Å². The Morgan fingerprint density at radius 2 is 2.18 bits per heavy atom. The summed E-state index contributed by atoms with van der Waals surface area (Å²) in [5.41, 5.74) is 0.763. The molecule has 0 N–H and O–H groups in total. The highest BCUT2D eigenvalue weighted by molar-refractivity contribution is 5.53. The first kappa shape index (κ1) is 11.9. The predicted octanol–water partition coefficient (Wildman–Crippen LogP) is 2.68. The zero-order valence-electron chi connectivity index (χ0n) is 9.74. The van der Waals surface area contributed by atoms with Crippen molar-refractivity contribution in [3.63, 3.8) is 0 Å². The molecule has 1 heterocycles. The minimum Gasteiger partial charge on any atom is -0.489 e. The summed E-state index contributed by atoms with van der Waals surface area (Å²) >= 11 is 0. The largest absolute Gasteiger partial charge is 0.489 e. The monoisotopic (exact) mass is 238 g/mol. The molecule has 0 saturated carbocycles. The molecular formula is C13H15FO3. The van der Waals surface area contributed by atoms with Crippen molar-refractivity contribution in [3.8, 4) is 11.5 Å². The van der Waals surface area contributed by atoms with Crippen LogP contribution in [-0.2, 0) is 4.79 Å². The lowest BCUT2D eigenvalue weighted by Crippen LogP contribution is -2.00. The number of carbonyl (C=O) groups excluding carboxylic acids is 1. The molecule has 1 aromatic rings. The van der Waals surface area contributed by atoms with Crippen LogP contribution in [0.4, 0.5) is 4.39 Å². The van der Waals surface area contributed by atoms with Crippen molar-refractivity contribution in [2.45, 2.75) is 25.7 Å². The summed E-state index contributed by atoms with van der Waals surface area (Å²) in [6.45, 7) is 2.87. The average molecular weight is 238 g/mol. The van der Waals surface area contributed by atoms with Crippen molar-refractivity contribution >= 4 is 6.29 Å². The molecule has 1 atom stereocenters. The first-order valence-electron chi connectivity index (χ1n) is 5.75. The number of aldehydes is 1. The number of hydrogen-bond donors (Lipinski definition) is 0. The summed E-state index contributed by atoms with van der Waals surface area (Å²) < 4.78 is 24.6. The molecule has 0 aromatic heterocycles. The second-order valence-electron chi connectivity index (χ2n) is 4.18. The van der Waals surface area contributed by atoms with E-state index >= 15 is 0 Å². The van der Waals surface area contributed by atoms with Gasteiger partial charge in [-0.1, -0.05) is 6.92 Å². The lowest BCUT2D eigenvalue weighted by molar-refractivity contribution is -0.108. The van der Waals surface area contributed by atoms with Gasteiger partial charge in [0.1, 0.15) is 6.29 Å². The first-order valence-corrected chi connectivity index (χ1v) is 5.75. The fourth-order valence-electron chi connectivity index (χ4n) is 1.82. The predicted molar refractivity (Wildman–Crippen MR) is 61.1 cm³/mol. The Bertz CT molecular complexity index is 417. The second-order valence-corrected chi connectivity index (χ2v) is 4.18. The second kappa shape index (κ2) is 5.17. The van der Waals surface area contributed by atoms with E-state index in [4.69, 9.17) is 9.47 Å². The Morgan fingerprint density at radius 1 is 1.41 bits per heavy atom. The van der Waals surface area contributed by atoms with E-state index < -0.39 is 5.82 Å². The first-order chi connectivity index (χ1) is 8.22. The quantitative estimate of drug-likeness (QED) is 0.759. The number of rotatable bonds is 3. The minimum atomic E-state index is -0.419. The Balaban J connectivity index is 2.34. The van der Waals surface area contributed by atoms with E-state index in [-0.39, 0.29) is 11.7 Å². The van der Waals surface area contributed by atoms with Crippen LogP contribution in [0.1, 0.15) is 31.2 Å². The van der Waals surface area contributed by atoms with Gasteiger partial charge >= 0.3 is 0 Å². The summed E-state index contributed by atoms with van der Waals surface area (Å²) in [5, 5.41) is 0. The van der Waals surface area contributed by atoms with Gasteiger partial charge in [0.05, 0.1) is 13.2 Å². The molecule has 0 spiro atoms. The molecule has 0 saturated heterocycles. The molecule has 0 amide bonds. The van der Waals surface area contributed by atoms with Gasteiger partial charge in [0.2, 0.25) is 0 Å². The fourth-order valence-corrected chi connectivity index (χ4v) is 1.82. The van der Waals surface area contributed by atoms with Crippen LogP contribution in [0.5, 0.6) is 11.5 Å². The molecule has 0 fully saturated rings. The van der Waals surface area contributed by atoms with Gasteiger partial charge in [-0.05, 0) is 23.6 Å². The third-order valence-electron chi connectivity index (χ3n) is 2.84. The van der Waals surface area contributed by atoms with Crippen molar-refractivity contribution in [3.05, 3.63) is 23.5 Å². The Labute approximate surface area is 99.5 Å². The normalized spacial score (nSPS) is 16.1. The Hall–Kier alpha value is -1.58. The number of ether oxygens (including phenoxy) is 2. The van der Waals surface area contributed by atoms with Crippen LogP contribution >= 0.6 is 0 Å². The Morgan fingerprint density at radius 3 is 2.94 bits per heavy atom. The van der Waals surface area contributed by atoms with Gasteiger partial charge in [-0.15, -0.1) is 0 Å². The van der Waals surface area contributed by atoms with Gasteiger partial charge in [0.15, 0.2) is 17.3 Å². The molecule has 1 unspecified atom stereocenters. The molecule has 3 nitrogen and oxygen atoms in total. The summed E-state index contributed by atoms with van der Waals surface area (Å²) in [4.78, 5) is 10.5. The van der Waals surface area contributed by atoms with Gasteiger partial charge in [-0.2, -0.15) is 0 Å². The Kier molecular flexibility index (Phi) is 3.61. The highest BCUT2D eigenvalue weighted by Gasteiger charge is 2.18. The number of fused-ring (bicyclic) bond motifs is 1. The van der Waals surface area contributed by atoms with Crippen LogP contribution in [0.2, 0.25) is 0 Å². The van der Waals surface area contributed by atoms with E-state index in [0.29, 0.717) is 25.4 Å². The molecule has 2 rings (SSSR count). The van der Waals surface area contributed by atoms with E-state index in [0.717, 1.165) is 18.3 Å². The zero-order valence-corrected chi connectivity index (χ0v) is 9.74. The molecule has 0 aliphatic carbocycles. The van der Waals surface area contributed by atoms with E-state index in [1.165, 1.54) is 6.07 Å². The van der Waals surface area contributed by atoms with Crippen molar-refractivity contribution in [1.29, 1.82) is 0 Å². The summed E-state index contributed by atoms with van der Waals surface area (Å²) in [6.07, 6.45) is 1.96. The van der Waals surface area contributed by atoms with Crippen LogP contribution in [-0.4, -0.2) is 19.5 Å². The van der Waals surface area contributed by atoms with E-state index in [9.17, 15) is 9.18 Å². The molecule has 0 radical (unpaired) electrons. The lowest BCUT2D eigenvalue weighted by atomic mass is 9.98. The van der Waals surface area contributed by atoms with Gasteiger partial charge in [0.25, 0.3) is 0 Å². The van der Waals surface area contributed by atoms with Gasteiger partial charge in [0, 0.05) is 12.8 Å². The maximum Gasteiger partial charge on any atom is 0.197 e. The fraction of sp³-hybridized carbons (Fsp3) is 0.462. The average Bonchev–Trinajstić information content (AvgIpc) is 2.54. The highest BCUT2D eigenvalue weighted by atomic mass is 19.1. The third kappa shape index (κ3) is 2.57. The zero-order chi connectivity index (χ0) is 12.3. The van der Waals surface area contributed by atoms with E-state index in [1.54, 1.807) is 6.07 Å². The molecule has 1 aliphatic rings. The standard InChI is InChI=1S/C13H15FO3/c1-9(3-4-15)10-7-11(14)13-12(8-10)16-5-2-6-17-13/h4,7-9H,2-3,5-6H2,1H3. The molecule has 0 bridgehead atoms. The van der Waals surface area contributed by atoms with Gasteiger partial charge < -0.3 is 14.3 Å². The summed E-state index contributed by atoms with van der Waals surface area (Å²) in [5.74, 6) is 0.191. The molecule has 4 heteroatoms. The van der Waals surface area contributed by atoms with Crippen molar-refractivity contribution in [1.82, 2.24) is 0 Å². The lowest BCUT2D eigenvalue weighted by Gasteiger charge is -2.13. The van der Waals surface area contributed by atoms with Gasteiger partial charge in [-0.3, -0.25) is 0 Å². The summed E-state index contributed by atoms with van der Waals surface area (Å²) in [6, 6.07) is 3.18. The van der Waals surface area contributed by atoms with Crippen molar-refractivity contribution < 1.29 is 18.7 Å². The van der Waals surface area contributed by atoms with Crippen LogP contribution in [0.25, 0.3) is 0 Å². The van der Waals surface area contributed by atoms with Gasteiger partial charge in [-0.25, -0.2) is 4.39 Å². The molecule has 1 aromatic carbocycles. The van der Waals surface area contributed by atoms with E-state index in [1.807, 2.05) is 6.92 Å². The molecule has 92 valence electrons. The van der Waals surface area contributed by atoms with Crippen LogP contribution < -0.4 is 9.47 Å². The van der Waals surface area contributed by atoms with Crippen LogP contribution in [0.3, 0.4) is 0 Å². The highest BCUT2D eigenvalue weighted by Crippen LogP contribution is 2.36. The number of halogens is 1. The molecule has 17 heavy (non-hydrogen) atoms. The molecular weight excluding hydrogens is 223 g/mol. The number of hydrogen-bond acceptors (Lipinski definition) is 3. The smallest absolute Gasteiger partial charge is 0.197 e. The van der Waals surface area contributed by atoms with E-state index in [2.05, 4.69) is 0 Å². The van der Waals surface area contributed by atoms with Crippen molar-refractivity contribution in [2.75, 3.05) is 13.2 Å². The number of carbonyl (C=O) groups is 1. The minimum absolute atomic E-state index is 0.0147. The van der Waals surface area contributed by atoms with Crippen LogP contribution in [0, 0.1) is 5.82 Å². The molecule has 1 aliphatic heterocycles. The maximum absolute atomic E-state index is 13.8. The number of benzene rings is 1. The SMILES string of the molecule is CC(CC=O)c1cc(F)c2c(c1)OCCCO2. The van der Waals surface area contributed by atoms with Crippen LogP contribution in [0.15, 0.2) is 12.1 Å².